The zero-order valence-electron chi connectivity index (χ0n) is 16.6. The zero-order valence-corrected chi connectivity index (χ0v) is 16.6. The van der Waals surface area contributed by atoms with Gasteiger partial charge in [-0.3, -0.25) is 0 Å². The quantitative estimate of drug-likeness (QED) is 0.167. The minimum atomic E-state index is -1.26. The Labute approximate surface area is 180 Å². The van der Waals surface area contributed by atoms with Gasteiger partial charge < -0.3 is 46.0 Å². The van der Waals surface area contributed by atoms with Gasteiger partial charge in [-0.1, -0.05) is 6.92 Å². The molecule has 0 radical (unpaired) electrons. The highest BCUT2D eigenvalue weighted by Crippen LogP contribution is 2.10. The van der Waals surface area contributed by atoms with Crippen molar-refractivity contribution in [2.24, 2.45) is 5.41 Å². The van der Waals surface area contributed by atoms with Crippen molar-refractivity contribution in [3.63, 3.8) is 0 Å². The number of hydrogen-bond donors (Lipinski definition) is 9. The Balaban J connectivity index is -0.000000163. The van der Waals surface area contributed by atoms with E-state index in [9.17, 15) is 28.8 Å². The molecule has 0 fully saturated rings. The summed E-state index contributed by atoms with van der Waals surface area (Å²) in [6.45, 7) is 1.06. The Hall–Kier alpha value is -4.08. The molecular formula is C17H24O15. The Kier molecular flexibility index (Phi) is 23.9. The monoisotopic (exact) mass is 468 g/mol. The van der Waals surface area contributed by atoms with Gasteiger partial charge in [0, 0.05) is 41.9 Å². The van der Waals surface area contributed by atoms with Crippen LogP contribution in [0.1, 0.15) is 6.92 Å². The SMILES string of the molecule is CC(CO)(CO)CO.O=C(O)C=CC(=O)O.O=C(O)C=CC(=O)O.O=C(O)C=CC(=O)O. The normalized spacial score (nSPS) is 10.1. The summed E-state index contributed by atoms with van der Waals surface area (Å²) in [7, 11) is 0. The maximum absolute atomic E-state index is 9.55. The summed E-state index contributed by atoms with van der Waals surface area (Å²) in [5, 5.41) is 72.3. The third-order valence-electron chi connectivity index (χ3n) is 2.25. The first-order chi connectivity index (χ1) is 14.6. The van der Waals surface area contributed by atoms with Crippen molar-refractivity contribution in [2.45, 2.75) is 6.92 Å². The molecule has 0 amide bonds. The predicted octanol–water partition coefficient (Wildman–Crippen LogP) is -1.89. The molecule has 0 saturated heterocycles. The van der Waals surface area contributed by atoms with E-state index in [1.807, 2.05) is 0 Å². The number of carboxylic acid groups (broad SMARTS) is 6. The van der Waals surface area contributed by atoms with E-state index < -0.39 is 41.2 Å². The van der Waals surface area contributed by atoms with E-state index in [1.54, 1.807) is 6.92 Å². The van der Waals surface area contributed by atoms with Gasteiger partial charge in [-0.05, 0) is 0 Å². The van der Waals surface area contributed by atoms with Crippen LogP contribution in [0, 0.1) is 5.41 Å². The predicted molar refractivity (Wildman–Crippen MR) is 103 cm³/mol. The van der Waals surface area contributed by atoms with E-state index in [-0.39, 0.29) is 19.8 Å². The molecule has 0 bridgehead atoms. The van der Waals surface area contributed by atoms with Crippen LogP contribution in [0.25, 0.3) is 0 Å². The van der Waals surface area contributed by atoms with Gasteiger partial charge in [-0.25, -0.2) is 28.8 Å². The smallest absolute Gasteiger partial charge is 0.328 e. The van der Waals surface area contributed by atoms with Gasteiger partial charge in [0.25, 0.3) is 0 Å². The molecule has 0 heterocycles. The zero-order chi connectivity index (χ0) is 26.3. The van der Waals surface area contributed by atoms with Crippen LogP contribution < -0.4 is 0 Å². The Morgan fingerprint density at radius 1 is 0.469 bits per heavy atom. The van der Waals surface area contributed by atoms with E-state index in [0.29, 0.717) is 36.5 Å². The lowest BCUT2D eigenvalue weighted by Crippen LogP contribution is -2.29. The molecule has 182 valence electrons. The van der Waals surface area contributed by atoms with Gasteiger partial charge in [0.05, 0.1) is 19.8 Å². The first-order valence-corrected chi connectivity index (χ1v) is 7.81. The number of rotatable bonds is 9. The van der Waals surface area contributed by atoms with Crippen LogP contribution in [-0.2, 0) is 28.8 Å². The fourth-order valence-electron chi connectivity index (χ4n) is 0.578. The summed E-state index contributed by atoms with van der Waals surface area (Å²) in [5.74, 6) is -7.54. The molecule has 0 atom stereocenters. The van der Waals surface area contributed by atoms with Crippen LogP contribution in [0.5, 0.6) is 0 Å². The van der Waals surface area contributed by atoms with Crippen molar-refractivity contribution < 1.29 is 74.7 Å². The van der Waals surface area contributed by atoms with E-state index in [2.05, 4.69) is 0 Å². The highest BCUT2D eigenvalue weighted by atomic mass is 16.4. The van der Waals surface area contributed by atoms with E-state index in [4.69, 9.17) is 46.0 Å². The molecular weight excluding hydrogens is 444 g/mol. The number of carboxylic acids is 6. The molecule has 0 aromatic heterocycles. The number of hydrogen-bond acceptors (Lipinski definition) is 9. The summed E-state index contributed by atoms with van der Waals surface area (Å²) in [6.07, 6.45) is 3.35. The van der Waals surface area contributed by atoms with Crippen LogP contribution in [0.4, 0.5) is 0 Å². The molecule has 0 aromatic carbocycles. The Morgan fingerprint density at radius 2 is 0.594 bits per heavy atom. The Bertz CT molecular complexity index is 562. The van der Waals surface area contributed by atoms with E-state index >= 15 is 0 Å². The maximum atomic E-state index is 9.55. The van der Waals surface area contributed by atoms with Crippen molar-refractivity contribution in [3.8, 4) is 0 Å². The van der Waals surface area contributed by atoms with Gasteiger partial charge in [-0.15, -0.1) is 0 Å². The fraction of sp³-hybridized carbons (Fsp3) is 0.294. The average Bonchev–Trinajstić information content (AvgIpc) is 2.70. The lowest BCUT2D eigenvalue weighted by atomic mass is 9.95. The van der Waals surface area contributed by atoms with Gasteiger partial charge in [0.2, 0.25) is 0 Å². The van der Waals surface area contributed by atoms with Gasteiger partial charge >= 0.3 is 35.8 Å². The topological polar surface area (TPSA) is 284 Å². The highest BCUT2D eigenvalue weighted by Gasteiger charge is 2.20. The van der Waals surface area contributed by atoms with Crippen molar-refractivity contribution in [3.05, 3.63) is 36.5 Å². The summed E-state index contributed by atoms with van der Waals surface area (Å²) >= 11 is 0. The van der Waals surface area contributed by atoms with Gasteiger partial charge in [-0.2, -0.15) is 0 Å². The number of aliphatic carboxylic acids is 6. The van der Waals surface area contributed by atoms with Crippen molar-refractivity contribution >= 4 is 35.8 Å². The standard InChI is InChI=1S/C5H12O3.3C4H4O4/c1-5(2-6,3-7)4-8;3*5-3(6)1-2-4(7)8/h6-8H,2-4H2,1H3;3*1-2H,(H,5,6)(H,7,8). The molecule has 0 aliphatic carbocycles. The first-order valence-electron chi connectivity index (χ1n) is 7.81. The molecule has 0 spiro atoms. The second-order valence-electron chi connectivity index (χ2n) is 5.31. The second kappa shape index (κ2) is 21.6. The third kappa shape index (κ3) is 40.6. The number of carbonyl (C=O) groups is 6. The molecule has 0 saturated carbocycles. The van der Waals surface area contributed by atoms with Gasteiger partial charge in [0.1, 0.15) is 0 Å². The second-order valence-corrected chi connectivity index (χ2v) is 5.31. The van der Waals surface area contributed by atoms with E-state index in [0.717, 1.165) is 0 Å². The van der Waals surface area contributed by atoms with Crippen molar-refractivity contribution in [2.75, 3.05) is 19.8 Å². The van der Waals surface area contributed by atoms with Crippen molar-refractivity contribution in [1.82, 2.24) is 0 Å². The maximum Gasteiger partial charge on any atom is 0.328 e. The van der Waals surface area contributed by atoms with Crippen LogP contribution in [0.3, 0.4) is 0 Å². The molecule has 15 heteroatoms. The van der Waals surface area contributed by atoms with Crippen LogP contribution in [-0.4, -0.2) is 102 Å². The number of aliphatic hydroxyl groups is 3. The third-order valence-corrected chi connectivity index (χ3v) is 2.25. The Morgan fingerprint density at radius 3 is 0.625 bits per heavy atom. The lowest BCUT2D eigenvalue weighted by Gasteiger charge is -2.20. The largest absolute Gasteiger partial charge is 0.478 e. The summed E-state index contributed by atoms with van der Waals surface area (Å²) in [4.78, 5) is 57.3. The molecule has 15 nitrogen and oxygen atoms in total. The summed E-state index contributed by atoms with van der Waals surface area (Å²) < 4.78 is 0. The minimum Gasteiger partial charge on any atom is -0.478 e. The molecule has 0 unspecified atom stereocenters. The molecule has 32 heavy (non-hydrogen) atoms. The molecule has 0 rings (SSSR count). The highest BCUT2D eigenvalue weighted by molar-refractivity contribution is 5.90. The average molecular weight is 468 g/mol. The van der Waals surface area contributed by atoms with Crippen molar-refractivity contribution in [1.29, 1.82) is 0 Å². The minimum absolute atomic E-state index is 0.181. The lowest BCUT2D eigenvalue weighted by molar-refractivity contribution is -0.134. The molecule has 0 aliphatic rings. The summed E-state index contributed by atoms with van der Waals surface area (Å²) in [6, 6.07) is 0. The molecule has 0 aliphatic heterocycles. The fourth-order valence-corrected chi connectivity index (χ4v) is 0.578. The molecule has 9 N–H and O–H groups in total. The first kappa shape index (κ1) is 35.4. The summed E-state index contributed by atoms with van der Waals surface area (Å²) in [5.41, 5.74) is -0.708. The van der Waals surface area contributed by atoms with Crippen LogP contribution in [0.15, 0.2) is 36.5 Å². The van der Waals surface area contributed by atoms with Crippen LogP contribution in [0.2, 0.25) is 0 Å². The van der Waals surface area contributed by atoms with E-state index in [1.165, 1.54) is 0 Å². The van der Waals surface area contributed by atoms with Crippen LogP contribution >= 0.6 is 0 Å². The van der Waals surface area contributed by atoms with Gasteiger partial charge in [0.15, 0.2) is 0 Å². The molecule has 0 aromatic rings. The number of aliphatic hydroxyl groups excluding tert-OH is 3.